The molecule has 2 rings (SSSR count). The number of nitrogens with one attached hydrogen (secondary N) is 1. The van der Waals surface area contributed by atoms with Gasteiger partial charge in [-0.3, -0.25) is 0 Å². The van der Waals surface area contributed by atoms with Crippen molar-refractivity contribution in [1.82, 2.24) is 5.32 Å². The second kappa shape index (κ2) is 5.51. The molecule has 0 radical (unpaired) electrons. The number of aryl methyl sites for hydroxylation is 1. The number of anilines is 1. The van der Waals surface area contributed by atoms with Gasteiger partial charge in [0, 0.05) is 31.4 Å². The molecule has 0 amide bonds. The molecule has 0 saturated carbocycles. The highest BCUT2D eigenvalue weighted by Crippen LogP contribution is 2.29. The summed E-state index contributed by atoms with van der Waals surface area (Å²) in [4.78, 5) is 2.30. The van der Waals surface area contributed by atoms with E-state index in [4.69, 9.17) is 0 Å². The summed E-state index contributed by atoms with van der Waals surface area (Å²) in [7, 11) is 0. The van der Waals surface area contributed by atoms with Gasteiger partial charge in [-0.1, -0.05) is 31.5 Å². The largest absolute Gasteiger partial charge is 0.388 e. The highest BCUT2D eigenvalue weighted by atomic mass is 16.3. The molecule has 0 aliphatic carbocycles. The quantitative estimate of drug-likeness (QED) is 0.875. The van der Waals surface area contributed by atoms with Gasteiger partial charge < -0.3 is 15.3 Å². The molecule has 3 nitrogen and oxygen atoms in total. The summed E-state index contributed by atoms with van der Waals surface area (Å²) in [5, 5.41) is 13.6. The number of β-amino-alcohol motifs (C(OH)–C–C–N with tert-alkyl or cyclic N) is 1. The van der Waals surface area contributed by atoms with Gasteiger partial charge in [0.15, 0.2) is 0 Å². The average molecular weight is 262 g/mol. The van der Waals surface area contributed by atoms with Gasteiger partial charge in [0.05, 0.1) is 5.60 Å². The van der Waals surface area contributed by atoms with E-state index in [2.05, 4.69) is 49.2 Å². The zero-order valence-electron chi connectivity index (χ0n) is 12.5. The predicted octanol–water partition coefficient (Wildman–Crippen LogP) is 2.45. The van der Waals surface area contributed by atoms with Crippen LogP contribution in [0.2, 0.25) is 0 Å². The summed E-state index contributed by atoms with van der Waals surface area (Å²) in [5.41, 5.74) is 3.33. The van der Waals surface area contributed by atoms with Crippen LogP contribution in [-0.2, 0) is 6.54 Å². The molecule has 1 aliphatic rings. The molecule has 19 heavy (non-hydrogen) atoms. The van der Waals surface area contributed by atoms with Crippen LogP contribution in [0.3, 0.4) is 0 Å². The molecule has 106 valence electrons. The minimum atomic E-state index is -0.548. The van der Waals surface area contributed by atoms with Crippen molar-refractivity contribution >= 4 is 5.69 Å². The third kappa shape index (κ3) is 3.71. The molecule has 1 fully saturated rings. The second-order valence-corrected chi connectivity index (χ2v) is 6.34. The van der Waals surface area contributed by atoms with Crippen molar-refractivity contribution in [1.29, 1.82) is 0 Å². The predicted molar refractivity (Wildman–Crippen MR) is 80.6 cm³/mol. The van der Waals surface area contributed by atoms with E-state index in [1.165, 1.54) is 16.8 Å². The van der Waals surface area contributed by atoms with Crippen LogP contribution in [-0.4, -0.2) is 29.8 Å². The number of nitrogens with zero attached hydrogens (tertiary/aromatic N) is 1. The van der Waals surface area contributed by atoms with Gasteiger partial charge in [-0.05, 0) is 31.9 Å². The molecule has 2 N–H and O–H groups in total. The number of benzene rings is 1. The second-order valence-electron chi connectivity index (χ2n) is 6.34. The van der Waals surface area contributed by atoms with E-state index >= 15 is 0 Å². The van der Waals surface area contributed by atoms with Gasteiger partial charge in [-0.2, -0.15) is 0 Å². The summed E-state index contributed by atoms with van der Waals surface area (Å²) in [6.45, 7) is 10.9. The zero-order valence-corrected chi connectivity index (χ0v) is 12.5. The van der Waals surface area contributed by atoms with E-state index in [9.17, 15) is 5.11 Å². The molecule has 0 bridgehead atoms. The molecule has 1 heterocycles. The molecule has 0 aromatic heterocycles. The van der Waals surface area contributed by atoms with Crippen LogP contribution in [0, 0.1) is 6.92 Å². The molecular weight excluding hydrogens is 236 g/mol. The zero-order chi connectivity index (χ0) is 14.0. The van der Waals surface area contributed by atoms with E-state index in [1.807, 2.05) is 6.92 Å². The Hall–Kier alpha value is -1.06. The minimum absolute atomic E-state index is 0.482. The van der Waals surface area contributed by atoms with E-state index in [-0.39, 0.29) is 0 Å². The summed E-state index contributed by atoms with van der Waals surface area (Å²) in [6, 6.07) is 7.07. The standard InChI is InChI=1S/C16H26N2O/c1-12(2)17-10-14-9-13(3)5-6-15(14)18-8-7-16(4,19)11-18/h5-6,9,12,17,19H,7-8,10-11H2,1-4H3. The van der Waals surface area contributed by atoms with Crippen molar-refractivity contribution in [2.45, 2.75) is 52.3 Å². The molecule has 1 aromatic rings. The molecule has 1 atom stereocenters. The van der Waals surface area contributed by atoms with Crippen molar-refractivity contribution in [2.75, 3.05) is 18.0 Å². The highest BCUT2D eigenvalue weighted by Gasteiger charge is 2.32. The van der Waals surface area contributed by atoms with Crippen molar-refractivity contribution in [3.63, 3.8) is 0 Å². The molecule has 3 heteroatoms. The van der Waals surface area contributed by atoms with Gasteiger partial charge in [-0.15, -0.1) is 0 Å². The average Bonchev–Trinajstić information content (AvgIpc) is 2.67. The summed E-state index contributed by atoms with van der Waals surface area (Å²) in [5.74, 6) is 0. The normalized spacial score (nSPS) is 23.4. The van der Waals surface area contributed by atoms with Crippen LogP contribution < -0.4 is 10.2 Å². The van der Waals surface area contributed by atoms with Crippen LogP contribution in [0.4, 0.5) is 5.69 Å². The van der Waals surface area contributed by atoms with Gasteiger partial charge >= 0.3 is 0 Å². The first kappa shape index (κ1) is 14.4. The fourth-order valence-electron chi connectivity index (χ4n) is 2.63. The van der Waals surface area contributed by atoms with Gasteiger partial charge in [0.25, 0.3) is 0 Å². The van der Waals surface area contributed by atoms with Crippen LogP contribution in [0.25, 0.3) is 0 Å². The lowest BCUT2D eigenvalue weighted by atomic mass is 10.1. The first-order valence-corrected chi connectivity index (χ1v) is 7.18. The lowest BCUT2D eigenvalue weighted by Crippen LogP contribution is -2.31. The van der Waals surface area contributed by atoms with Gasteiger partial charge in [0.2, 0.25) is 0 Å². The van der Waals surface area contributed by atoms with Crippen LogP contribution >= 0.6 is 0 Å². The Bertz CT molecular complexity index is 440. The lowest BCUT2D eigenvalue weighted by Gasteiger charge is -2.24. The van der Waals surface area contributed by atoms with Crippen LogP contribution in [0.15, 0.2) is 18.2 Å². The Morgan fingerprint density at radius 2 is 2.16 bits per heavy atom. The maximum Gasteiger partial charge on any atom is 0.0810 e. The highest BCUT2D eigenvalue weighted by molar-refractivity contribution is 5.56. The van der Waals surface area contributed by atoms with E-state index in [1.54, 1.807) is 0 Å². The molecule has 1 aromatic carbocycles. The van der Waals surface area contributed by atoms with Gasteiger partial charge in [0.1, 0.15) is 0 Å². The molecule has 1 unspecified atom stereocenters. The number of rotatable bonds is 4. The summed E-state index contributed by atoms with van der Waals surface area (Å²) in [6.07, 6.45) is 0.845. The molecule has 1 aliphatic heterocycles. The Morgan fingerprint density at radius 3 is 2.74 bits per heavy atom. The molecular formula is C16H26N2O. The van der Waals surface area contributed by atoms with Crippen molar-refractivity contribution < 1.29 is 5.11 Å². The summed E-state index contributed by atoms with van der Waals surface area (Å²) >= 11 is 0. The first-order chi connectivity index (χ1) is 8.87. The number of hydrogen-bond donors (Lipinski definition) is 2. The Morgan fingerprint density at radius 1 is 1.42 bits per heavy atom. The maximum absolute atomic E-state index is 10.1. The maximum atomic E-state index is 10.1. The SMILES string of the molecule is Cc1ccc(N2CCC(C)(O)C2)c(CNC(C)C)c1. The van der Waals surface area contributed by atoms with Gasteiger partial charge in [-0.25, -0.2) is 0 Å². The fraction of sp³-hybridized carbons (Fsp3) is 0.625. The number of hydrogen-bond acceptors (Lipinski definition) is 3. The fourth-order valence-corrected chi connectivity index (χ4v) is 2.63. The third-order valence-corrected chi connectivity index (χ3v) is 3.73. The first-order valence-electron chi connectivity index (χ1n) is 7.18. The van der Waals surface area contributed by atoms with Crippen LogP contribution in [0.1, 0.15) is 38.3 Å². The Balaban J connectivity index is 2.19. The van der Waals surface area contributed by atoms with Crippen molar-refractivity contribution in [3.05, 3.63) is 29.3 Å². The molecule has 0 spiro atoms. The number of aliphatic hydroxyl groups is 1. The lowest BCUT2D eigenvalue weighted by molar-refractivity contribution is 0.0839. The van der Waals surface area contributed by atoms with E-state index in [0.717, 1.165) is 26.1 Å². The van der Waals surface area contributed by atoms with Crippen LogP contribution in [0.5, 0.6) is 0 Å². The monoisotopic (exact) mass is 262 g/mol. The Labute approximate surface area is 116 Å². The van der Waals surface area contributed by atoms with Crippen molar-refractivity contribution in [3.8, 4) is 0 Å². The Kier molecular flexibility index (Phi) is 4.16. The van der Waals surface area contributed by atoms with E-state index < -0.39 is 5.60 Å². The molecule has 1 saturated heterocycles. The minimum Gasteiger partial charge on any atom is -0.388 e. The topological polar surface area (TPSA) is 35.5 Å². The smallest absolute Gasteiger partial charge is 0.0810 e. The van der Waals surface area contributed by atoms with Crippen molar-refractivity contribution in [2.24, 2.45) is 0 Å². The van der Waals surface area contributed by atoms with E-state index in [0.29, 0.717) is 6.04 Å². The summed E-state index contributed by atoms with van der Waals surface area (Å²) < 4.78 is 0. The third-order valence-electron chi connectivity index (χ3n) is 3.73.